The van der Waals surface area contributed by atoms with Crippen molar-refractivity contribution in [1.82, 2.24) is 10.3 Å². The maximum absolute atomic E-state index is 11.6. The molecular weight excluding hydrogens is 274 g/mol. The number of anilines is 1. The largest absolute Gasteiger partial charge is 0.383 e. The SMILES string of the molecule is COCCNC(=O)Nc1nc2c(s1)Cc1ccccc1-2. The maximum atomic E-state index is 11.6. The molecule has 1 aromatic carbocycles. The Morgan fingerprint density at radius 1 is 1.45 bits per heavy atom. The summed E-state index contributed by atoms with van der Waals surface area (Å²) in [4.78, 5) is 17.4. The number of fused-ring (bicyclic) bond motifs is 3. The second-order valence-electron chi connectivity index (χ2n) is 4.50. The number of amides is 2. The molecule has 5 nitrogen and oxygen atoms in total. The molecule has 6 heteroatoms. The van der Waals surface area contributed by atoms with Gasteiger partial charge in [0.2, 0.25) is 0 Å². The summed E-state index contributed by atoms with van der Waals surface area (Å²) in [6, 6.07) is 8.00. The molecule has 0 aliphatic heterocycles. The van der Waals surface area contributed by atoms with Crippen molar-refractivity contribution in [3.63, 3.8) is 0 Å². The van der Waals surface area contributed by atoms with E-state index in [4.69, 9.17) is 4.74 Å². The first-order valence-corrected chi connectivity index (χ1v) is 7.21. The van der Waals surface area contributed by atoms with Crippen molar-refractivity contribution in [2.45, 2.75) is 6.42 Å². The number of hydrogen-bond donors (Lipinski definition) is 2. The number of benzene rings is 1. The molecule has 2 aromatic rings. The van der Waals surface area contributed by atoms with Crippen LogP contribution < -0.4 is 10.6 Å². The lowest BCUT2D eigenvalue weighted by Crippen LogP contribution is -2.31. The highest BCUT2D eigenvalue weighted by Gasteiger charge is 2.23. The van der Waals surface area contributed by atoms with Crippen LogP contribution in [-0.4, -0.2) is 31.3 Å². The van der Waals surface area contributed by atoms with Crippen molar-refractivity contribution >= 4 is 22.5 Å². The number of nitrogens with zero attached hydrogens (tertiary/aromatic N) is 1. The predicted molar refractivity (Wildman–Crippen MR) is 79.3 cm³/mol. The molecule has 0 saturated carbocycles. The standard InChI is InChI=1S/C14H15N3O2S/c1-19-7-6-15-13(18)17-14-16-12-10-5-3-2-4-9(10)8-11(12)20-14/h2-5H,6-8H2,1H3,(H2,15,16,17,18). The predicted octanol–water partition coefficient (Wildman–Crippen LogP) is 2.48. The van der Waals surface area contributed by atoms with E-state index in [0.29, 0.717) is 18.3 Å². The van der Waals surface area contributed by atoms with E-state index in [1.54, 1.807) is 7.11 Å². The molecule has 1 aliphatic carbocycles. The first kappa shape index (κ1) is 13.1. The second kappa shape index (κ2) is 5.60. The van der Waals surface area contributed by atoms with Crippen LogP contribution in [0.25, 0.3) is 11.3 Å². The number of methoxy groups -OCH3 is 1. The molecule has 2 amide bonds. The van der Waals surface area contributed by atoms with Gasteiger partial charge in [-0.25, -0.2) is 9.78 Å². The van der Waals surface area contributed by atoms with Gasteiger partial charge in [-0.05, 0) is 5.56 Å². The molecule has 0 radical (unpaired) electrons. The van der Waals surface area contributed by atoms with Gasteiger partial charge in [0.1, 0.15) is 0 Å². The van der Waals surface area contributed by atoms with Crippen LogP contribution in [0.4, 0.5) is 9.93 Å². The lowest BCUT2D eigenvalue weighted by Gasteiger charge is -2.04. The molecule has 0 bridgehead atoms. The number of hydrogen-bond acceptors (Lipinski definition) is 4. The zero-order chi connectivity index (χ0) is 13.9. The second-order valence-corrected chi connectivity index (χ2v) is 5.58. The molecule has 0 atom stereocenters. The Hall–Kier alpha value is -1.92. The third-order valence-corrected chi connectivity index (χ3v) is 4.10. The third kappa shape index (κ3) is 2.52. The molecule has 0 unspecified atom stereocenters. The number of carbonyl (C=O) groups is 1. The fourth-order valence-corrected chi connectivity index (χ4v) is 3.22. The molecule has 0 saturated heterocycles. The zero-order valence-corrected chi connectivity index (χ0v) is 11.9. The first-order valence-electron chi connectivity index (χ1n) is 6.39. The number of carbonyl (C=O) groups excluding carboxylic acids is 1. The summed E-state index contributed by atoms with van der Waals surface area (Å²) < 4.78 is 4.88. The summed E-state index contributed by atoms with van der Waals surface area (Å²) in [5, 5.41) is 6.11. The van der Waals surface area contributed by atoms with Gasteiger partial charge >= 0.3 is 6.03 Å². The van der Waals surface area contributed by atoms with Crippen molar-refractivity contribution in [2.24, 2.45) is 0 Å². The number of ether oxygens (including phenoxy) is 1. The van der Waals surface area contributed by atoms with Gasteiger partial charge in [-0.1, -0.05) is 24.3 Å². The van der Waals surface area contributed by atoms with Crippen molar-refractivity contribution < 1.29 is 9.53 Å². The Bertz CT molecular complexity index is 639. The van der Waals surface area contributed by atoms with Crippen molar-refractivity contribution in [3.8, 4) is 11.3 Å². The third-order valence-electron chi connectivity index (χ3n) is 3.13. The van der Waals surface area contributed by atoms with E-state index >= 15 is 0 Å². The molecule has 0 fully saturated rings. The van der Waals surface area contributed by atoms with Gasteiger partial charge in [0.25, 0.3) is 0 Å². The van der Waals surface area contributed by atoms with Crippen LogP contribution in [0.5, 0.6) is 0 Å². The Labute approximate surface area is 121 Å². The molecule has 104 valence electrons. The lowest BCUT2D eigenvalue weighted by molar-refractivity contribution is 0.198. The summed E-state index contributed by atoms with van der Waals surface area (Å²) in [5.41, 5.74) is 3.47. The number of nitrogens with one attached hydrogen (secondary N) is 2. The highest BCUT2D eigenvalue weighted by atomic mass is 32.1. The minimum atomic E-state index is -0.247. The summed E-state index contributed by atoms with van der Waals surface area (Å²) in [6.07, 6.45) is 0.899. The zero-order valence-electron chi connectivity index (χ0n) is 11.1. The number of rotatable bonds is 4. The van der Waals surface area contributed by atoms with Gasteiger partial charge < -0.3 is 10.1 Å². The van der Waals surface area contributed by atoms with Crippen LogP contribution in [0.3, 0.4) is 0 Å². The van der Waals surface area contributed by atoms with Crippen molar-refractivity contribution in [3.05, 3.63) is 34.7 Å². The normalized spacial score (nSPS) is 11.8. The van der Waals surface area contributed by atoms with E-state index in [9.17, 15) is 4.79 Å². The number of aromatic nitrogens is 1. The van der Waals surface area contributed by atoms with Gasteiger partial charge in [-0.2, -0.15) is 0 Å². The minimum absolute atomic E-state index is 0.247. The molecule has 1 heterocycles. The molecular formula is C14H15N3O2S. The summed E-state index contributed by atoms with van der Waals surface area (Å²) in [7, 11) is 1.60. The van der Waals surface area contributed by atoms with E-state index in [0.717, 1.165) is 12.1 Å². The van der Waals surface area contributed by atoms with E-state index < -0.39 is 0 Å². The Morgan fingerprint density at radius 2 is 2.30 bits per heavy atom. The van der Waals surface area contributed by atoms with Crippen LogP contribution in [0.2, 0.25) is 0 Å². The van der Waals surface area contributed by atoms with Crippen molar-refractivity contribution in [1.29, 1.82) is 0 Å². The average molecular weight is 289 g/mol. The Kier molecular flexibility index (Phi) is 3.66. The number of urea groups is 1. The van der Waals surface area contributed by atoms with Crippen LogP contribution in [-0.2, 0) is 11.2 Å². The van der Waals surface area contributed by atoms with Gasteiger partial charge in [0.05, 0.1) is 12.3 Å². The van der Waals surface area contributed by atoms with E-state index in [-0.39, 0.29) is 6.03 Å². The fourth-order valence-electron chi connectivity index (χ4n) is 2.22. The molecule has 1 aliphatic rings. The number of thiazole rings is 1. The van der Waals surface area contributed by atoms with Crippen LogP contribution in [0, 0.1) is 0 Å². The smallest absolute Gasteiger partial charge is 0.321 e. The van der Waals surface area contributed by atoms with Crippen LogP contribution in [0.1, 0.15) is 10.4 Å². The molecule has 3 rings (SSSR count). The average Bonchev–Trinajstić information content (AvgIpc) is 2.96. The summed E-state index contributed by atoms with van der Waals surface area (Å²) in [6.45, 7) is 0.978. The van der Waals surface area contributed by atoms with Gasteiger partial charge in [0, 0.05) is 30.5 Å². The van der Waals surface area contributed by atoms with Gasteiger partial charge in [0.15, 0.2) is 5.13 Å². The fraction of sp³-hybridized carbons (Fsp3) is 0.286. The molecule has 0 spiro atoms. The maximum Gasteiger partial charge on any atom is 0.321 e. The van der Waals surface area contributed by atoms with E-state index in [1.165, 1.54) is 27.3 Å². The quantitative estimate of drug-likeness (QED) is 0.725. The van der Waals surface area contributed by atoms with Crippen LogP contribution >= 0.6 is 11.3 Å². The van der Waals surface area contributed by atoms with Gasteiger partial charge in [-0.15, -0.1) is 11.3 Å². The topological polar surface area (TPSA) is 63.2 Å². The van der Waals surface area contributed by atoms with Gasteiger partial charge in [-0.3, -0.25) is 5.32 Å². The Balaban J connectivity index is 1.69. The Morgan fingerprint density at radius 3 is 3.15 bits per heavy atom. The summed E-state index contributed by atoms with van der Waals surface area (Å²) >= 11 is 1.53. The van der Waals surface area contributed by atoms with E-state index in [1.807, 2.05) is 12.1 Å². The first-order chi connectivity index (χ1) is 9.78. The van der Waals surface area contributed by atoms with E-state index in [2.05, 4.69) is 27.8 Å². The molecule has 1 aromatic heterocycles. The van der Waals surface area contributed by atoms with Crippen molar-refractivity contribution in [2.75, 3.05) is 25.6 Å². The molecule has 2 N–H and O–H groups in total. The minimum Gasteiger partial charge on any atom is -0.383 e. The lowest BCUT2D eigenvalue weighted by atomic mass is 10.1. The van der Waals surface area contributed by atoms with Crippen LogP contribution in [0.15, 0.2) is 24.3 Å². The monoisotopic (exact) mass is 289 g/mol. The highest BCUT2D eigenvalue weighted by Crippen LogP contribution is 2.40. The molecule has 20 heavy (non-hydrogen) atoms. The highest BCUT2D eigenvalue weighted by molar-refractivity contribution is 7.16. The summed E-state index contributed by atoms with van der Waals surface area (Å²) in [5.74, 6) is 0.